The quantitative estimate of drug-likeness (QED) is 0.678. The number of anilines is 2. The van der Waals surface area contributed by atoms with Gasteiger partial charge in [-0.1, -0.05) is 0 Å². The summed E-state index contributed by atoms with van der Waals surface area (Å²) in [7, 11) is 1.70. The van der Waals surface area contributed by atoms with E-state index in [1.807, 2.05) is 0 Å². The molecule has 1 N–H and O–H groups in total. The Morgan fingerprint density at radius 3 is 2.87 bits per heavy atom. The van der Waals surface area contributed by atoms with Crippen molar-refractivity contribution in [2.24, 2.45) is 0 Å². The third kappa shape index (κ3) is 1.52. The van der Waals surface area contributed by atoms with Gasteiger partial charge in [-0.3, -0.25) is 4.79 Å². The standard InChI is InChI=1S/C9H11ClN4O/c1-9(2)7(15)14(3)5-4-11-8(10)12-6(5)13-9/h4H,1-3H3,(H,11,12,13). The van der Waals surface area contributed by atoms with Crippen molar-refractivity contribution in [3.05, 3.63) is 11.5 Å². The van der Waals surface area contributed by atoms with Crippen molar-refractivity contribution in [2.75, 3.05) is 17.3 Å². The maximum atomic E-state index is 11.9. The first-order valence-electron chi connectivity index (χ1n) is 4.51. The highest BCUT2D eigenvalue weighted by Crippen LogP contribution is 2.32. The van der Waals surface area contributed by atoms with Gasteiger partial charge in [-0.05, 0) is 25.4 Å². The molecule has 0 bridgehead atoms. The highest BCUT2D eigenvalue weighted by molar-refractivity contribution is 6.28. The Labute approximate surface area is 92.5 Å². The van der Waals surface area contributed by atoms with Crippen LogP contribution in [0.5, 0.6) is 0 Å². The number of nitrogens with one attached hydrogen (secondary N) is 1. The summed E-state index contributed by atoms with van der Waals surface area (Å²) in [5.41, 5.74) is -0.0249. The van der Waals surface area contributed by atoms with Crippen LogP contribution in [0.1, 0.15) is 13.8 Å². The van der Waals surface area contributed by atoms with Crippen LogP contribution >= 0.6 is 11.6 Å². The van der Waals surface area contributed by atoms with Crippen molar-refractivity contribution in [2.45, 2.75) is 19.4 Å². The van der Waals surface area contributed by atoms with Crippen molar-refractivity contribution in [3.63, 3.8) is 0 Å². The number of likely N-dealkylation sites (N-methyl/N-ethyl adjacent to an activating group) is 1. The number of amides is 1. The second kappa shape index (κ2) is 3.06. The molecule has 6 heteroatoms. The molecule has 0 fully saturated rings. The Balaban J connectivity index is 2.55. The van der Waals surface area contributed by atoms with E-state index in [9.17, 15) is 4.79 Å². The van der Waals surface area contributed by atoms with Gasteiger partial charge in [0.2, 0.25) is 5.28 Å². The summed E-state index contributed by atoms with van der Waals surface area (Å²) in [5.74, 6) is 0.558. The molecule has 1 aromatic rings. The first-order valence-corrected chi connectivity index (χ1v) is 4.88. The lowest BCUT2D eigenvalue weighted by Crippen LogP contribution is -2.52. The second-order valence-corrected chi connectivity index (χ2v) is 4.33. The summed E-state index contributed by atoms with van der Waals surface area (Å²) in [6.45, 7) is 3.59. The minimum atomic E-state index is -0.667. The summed E-state index contributed by atoms with van der Waals surface area (Å²) in [6.07, 6.45) is 1.53. The third-order valence-corrected chi connectivity index (χ3v) is 2.55. The molecule has 80 valence electrons. The number of aromatic nitrogens is 2. The van der Waals surface area contributed by atoms with Crippen LogP contribution in [-0.2, 0) is 4.79 Å². The molecule has 1 aromatic heterocycles. The normalized spacial score (nSPS) is 18.4. The molecule has 2 rings (SSSR count). The Morgan fingerprint density at radius 1 is 1.53 bits per heavy atom. The Bertz CT molecular complexity index is 432. The zero-order valence-corrected chi connectivity index (χ0v) is 9.46. The van der Waals surface area contributed by atoms with Crippen molar-refractivity contribution >= 4 is 29.0 Å². The van der Waals surface area contributed by atoms with Crippen molar-refractivity contribution in [1.82, 2.24) is 9.97 Å². The summed E-state index contributed by atoms with van der Waals surface area (Å²) >= 11 is 5.69. The average molecular weight is 227 g/mol. The fraction of sp³-hybridized carbons (Fsp3) is 0.444. The zero-order valence-electron chi connectivity index (χ0n) is 8.71. The smallest absolute Gasteiger partial charge is 0.252 e. The van der Waals surface area contributed by atoms with Crippen molar-refractivity contribution < 1.29 is 4.79 Å². The summed E-state index contributed by atoms with van der Waals surface area (Å²) in [6, 6.07) is 0. The molecule has 15 heavy (non-hydrogen) atoms. The third-order valence-electron chi connectivity index (χ3n) is 2.37. The van der Waals surface area contributed by atoms with E-state index in [1.165, 1.54) is 11.1 Å². The molecule has 1 aliphatic heterocycles. The van der Waals surface area contributed by atoms with Crippen LogP contribution in [-0.4, -0.2) is 28.5 Å². The molecule has 1 aliphatic rings. The van der Waals surface area contributed by atoms with Crippen LogP contribution in [0.2, 0.25) is 5.28 Å². The van der Waals surface area contributed by atoms with Crippen LogP contribution in [0.3, 0.4) is 0 Å². The van der Waals surface area contributed by atoms with E-state index in [1.54, 1.807) is 20.9 Å². The minimum absolute atomic E-state index is 0.0269. The fourth-order valence-electron chi connectivity index (χ4n) is 1.57. The van der Waals surface area contributed by atoms with E-state index >= 15 is 0 Å². The first-order chi connectivity index (χ1) is 6.92. The highest BCUT2D eigenvalue weighted by Gasteiger charge is 2.37. The lowest BCUT2D eigenvalue weighted by atomic mass is 10.0. The molecule has 0 saturated heterocycles. The van der Waals surface area contributed by atoms with E-state index in [2.05, 4.69) is 15.3 Å². The van der Waals surface area contributed by atoms with Gasteiger partial charge >= 0.3 is 0 Å². The SMILES string of the molecule is CN1C(=O)C(C)(C)Nc2nc(Cl)ncc21. The van der Waals surface area contributed by atoms with Gasteiger partial charge in [-0.15, -0.1) is 0 Å². The maximum absolute atomic E-state index is 11.9. The number of carbonyl (C=O) groups is 1. The molecule has 0 unspecified atom stereocenters. The van der Waals surface area contributed by atoms with Gasteiger partial charge in [0.1, 0.15) is 11.2 Å². The lowest BCUT2D eigenvalue weighted by Gasteiger charge is -2.36. The molecule has 0 spiro atoms. The Kier molecular flexibility index (Phi) is 2.08. The monoisotopic (exact) mass is 226 g/mol. The van der Waals surface area contributed by atoms with Gasteiger partial charge in [0, 0.05) is 7.05 Å². The molecule has 0 aromatic carbocycles. The van der Waals surface area contributed by atoms with E-state index in [-0.39, 0.29) is 11.2 Å². The van der Waals surface area contributed by atoms with Gasteiger partial charge in [0.05, 0.1) is 6.20 Å². The van der Waals surface area contributed by atoms with Crippen LogP contribution in [0.15, 0.2) is 6.20 Å². The highest BCUT2D eigenvalue weighted by atomic mass is 35.5. The van der Waals surface area contributed by atoms with Crippen LogP contribution in [0.25, 0.3) is 0 Å². The predicted octanol–water partition coefficient (Wildman–Crippen LogP) is 1.30. The van der Waals surface area contributed by atoms with Crippen LogP contribution < -0.4 is 10.2 Å². The summed E-state index contributed by atoms with van der Waals surface area (Å²) in [5, 5.41) is 3.20. The van der Waals surface area contributed by atoms with E-state index < -0.39 is 5.54 Å². The molecular formula is C9H11ClN4O. The molecule has 5 nitrogen and oxygen atoms in total. The molecule has 2 heterocycles. The topological polar surface area (TPSA) is 58.1 Å². The minimum Gasteiger partial charge on any atom is -0.354 e. The summed E-state index contributed by atoms with van der Waals surface area (Å²) < 4.78 is 0. The van der Waals surface area contributed by atoms with Gasteiger partial charge < -0.3 is 10.2 Å². The predicted molar refractivity (Wildman–Crippen MR) is 58.2 cm³/mol. The van der Waals surface area contributed by atoms with Crippen molar-refractivity contribution in [1.29, 1.82) is 0 Å². The number of rotatable bonds is 0. The maximum Gasteiger partial charge on any atom is 0.252 e. The number of halogens is 1. The van der Waals surface area contributed by atoms with E-state index in [0.29, 0.717) is 11.5 Å². The summed E-state index contributed by atoms with van der Waals surface area (Å²) in [4.78, 5) is 21.3. The number of carbonyl (C=O) groups excluding carboxylic acids is 1. The number of hydrogen-bond acceptors (Lipinski definition) is 4. The number of nitrogens with zero attached hydrogens (tertiary/aromatic N) is 3. The van der Waals surface area contributed by atoms with E-state index in [0.717, 1.165) is 0 Å². The van der Waals surface area contributed by atoms with Gasteiger partial charge in [-0.2, -0.15) is 4.98 Å². The molecule has 0 radical (unpaired) electrons. The molecule has 1 amide bonds. The van der Waals surface area contributed by atoms with E-state index in [4.69, 9.17) is 11.6 Å². The molecule has 0 aliphatic carbocycles. The number of fused-ring (bicyclic) bond motifs is 1. The lowest BCUT2D eigenvalue weighted by molar-refractivity contribution is -0.121. The molecular weight excluding hydrogens is 216 g/mol. The fourth-order valence-corrected chi connectivity index (χ4v) is 1.70. The van der Waals surface area contributed by atoms with Crippen molar-refractivity contribution in [3.8, 4) is 0 Å². The molecule has 0 atom stereocenters. The second-order valence-electron chi connectivity index (χ2n) is 3.99. The zero-order chi connectivity index (χ0) is 11.2. The van der Waals surface area contributed by atoms with Gasteiger partial charge in [0.15, 0.2) is 5.82 Å². The van der Waals surface area contributed by atoms with Crippen LogP contribution in [0, 0.1) is 0 Å². The molecule has 0 saturated carbocycles. The Morgan fingerprint density at radius 2 is 2.20 bits per heavy atom. The average Bonchev–Trinajstić information content (AvgIpc) is 2.13. The number of hydrogen-bond donors (Lipinski definition) is 1. The van der Waals surface area contributed by atoms with Gasteiger partial charge in [0.25, 0.3) is 5.91 Å². The first kappa shape index (κ1) is 10.2. The Hall–Kier alpha value is -1.36. The largest absolute Gasteiger partial charge is 0.354 e. The van der Waals surface area contributed by atoms with Gasteiger partial charge in [-0.25, -0.2) is 4.98 Å². The van der Waals surface area contributed by atoms with Crippen LogP contribution in [0.4, 0.5) is 11.5 Å².